The van der Waals surface area contributed by atoms with Crippen LogP contribution in [0, 0.1) is 5.92 Å². The minimum absolute atomic E-state index is 0.124. The van der Waals surface area contributed by atoms with Gasteiger partial charge < -0.3 is 5.32 Å². The highest BCUT2D eigenvalue weighted by Crippen LogP contribution is 2.40. The van der Waals surface area contributed by atoms with Gasteiger partial charge in [0.05, 0.1) is 0 Å². The Kier molecular flexibility index (Phi) is 3.10. The highest BCUT2D eigenvalue weighted by atomic mass is 19.1. The Bertz CT molecular complexity index is 179. The molecule has 2 heteroatoms. The van der Waals surface area contributed by atoms with Crippen LogP contribution < -0.4 is 5.32 Å². The van der Waals surface area contributed by atoms with Gasteiger partial charge in [0, 0.05) is 6.04 Å². The summed E-state index contributed by atoms with van der Waals surface area (Å²) < 4.78 is 14.6. The van der Waals surface area contributed by atoms with Gasteiger partial charge in [-0.2, -0.15) is 0 Å². The first-order chi connectivity index (χ1) is 6.71. The maximum atomic E-state index is 14.6. The third-order valence-electron chi connectivity index (χ3n) is 4.15. The van der Waals surface area contributed by atoms with Crippen LogP contribution >= 0.6 is 0 Å². The van der Waals surface area contributed by atoms with Crippen molar-refractivity contribution >= 4 is 0 Å². The second kappa shape index (κ2) is 4.18. The zero-order valence-corrected chi connectivity index (χ0v) is 9.19. The van der Waals surface area contributed by atoms with Crippen LogP contribution in [0.25, 0.3) is 0 Å². The highest BCUT2D eigenvalue weighted by molar-refractivity contribution is 4.96. The molecule has 1 saturated carbocycles. The predicted molar refractivity (Wildman–Crippen MR) is 57.1 cm³/mol. The quantitative estimate of drug-likeness (QED) is 0.720. The second-order valence-electron chi connectivity index (χ2n) is 5.14. The topological polar surface area (TPSA) is 12.0 Å². The van der Waals surface area contributed by atoms with Crippen LogP contribution in [0.2, 0.25) is 0 Å². The van der Waals surface area contributed by atoms with Crippen molar-refractivity contribution in [2.24, 2.45) is 5.92 Å². The molecule has 14 heavy (non-hydrogen) atoms. The number of hydrogen-bond acceptors (Lipinski definition) is 1. The van der Waals surface area contributed by atoms with Gasteiger partial charge in [0.2, 0.25) is 0 Å². The lowest BCUT2D eigenvalue weighted by Crippen LogP contribution is -2.51. The van der Waals surface area contributed by atoms with Gasteiger partial charge in [0.15, 0.2) is 0 Å². The summed E-state index contributed by atoms with van der Waals surface area (Å²) in [7, 11) is 0. The van der Waals surface area contributed by atoms with Crippen molar-refractivity contribution in [3.05, 3.63) is 0 Å². The van der Waals surface area contributed by atoms with E-state index in [1.807, 2.05) is 6.92 Å². The molecular formula is C12H22FN. The average molecular weight is 199 g/mol. The average Bonchev–Trinajstić information content (AvgIpc) is 2.72. The van der Waals surface area contributed by atoms with Gasteiger partial charge in [-0.1, -0.05) is 19.3 Å². The molecule has 2 rings (SSSR count). The molecule has 1 aliphatic carbocycles. The standard InChI is InChI=1S/C12H22FN/c1-12(13,10-6-2-3-7-10)11-8-4-5-9-14-11/h10-11,14H,2-9H2,1H3. The molecule has 0 aromatic heterocycles. The minimum atomic E-state index is -0.961. The van der Waals surface area contributed by atoms with Crippen LogP contribution in [0.5, 0.6) is 0 Å². The van der Waals surface area contributed by atoms with Crippen LogP contribution in [-0.4, -0.2) is 18.3 Å². The van der Waals surface area contributed by atoms with E-state index in [-0.39, 0.29) is 6.04 Å². The summed E-state index contributed by atoms with van der Waals surface area (Å²) in [5.41, 5.74) is -0.961. The maximum absolute atomic E-state index is 14.6. The molecule has 0 aromatic rings. The van der Waals surface area contributed by atoms with Crippen LogP contribution in [-0.2, 0) is 0 Å². The number of nitrogens with one attached hydrogen (secondary N) is 1. The fraction of sp³-hybridized carbons (Fsp3) is 1.00. The normalized spacial score (nSPS) is 34.3. The summed E-state index contributed by atoms with van der Waals surface area (Å²) >= 11 is 0. The molecule has 1 heterocycles. The molecule has 2 unspecified atom stereocenters. The Hall–Kier alpha value is -0.110. The number of hydrogen-bond donors (Lipinski definition) is 1. The maximum Gasteiger partial charge on any atom is 0.126 e. The first-order valence-corrected chi connectivity index (χ1v) is 6.13. The predicted octanol–water partition coefficient (Wildman–Crippen LogP) is 3.05. The van der Waals surface area contributed by atoms with E-state index < -0.39 is 5.67 Å². The van der Waals surface area contributed by atoms with E-state index >= 15 is 0 Å². The first kappa shape index (κ1) is 10.4. The Balaban J connectivity index is 1.97. The molecule has 0 spiro atoms. The Morgan fingerprint density at radius 1 is 1.07 bits per heavy atom. The van der Waals surface area contributed by atoms with Crippen molar-refractivity contribution in [1.82, 2.24) is 5.32 Å². The van der Waals surface area contributed by atoms with E-state index in [1.165, 1.54) is 25.7 Å². The third-order valence-corrected chi connectivity index (χ3v) is 4.15. The van der Waals surface area contributed by atoms with Gasteiger partial charge in [-0.05, 0) is 45.1 Å². The largest absolute Gasteiger partial charge is 0.311 e. The van der Waals surface area contributed by atoms with Crippen LogP contribution in [0.15, 0.2) is 0 Å². The molecule has 1 saturated heterocycles. The lowest BCUT2D eigenvalue weighted by atomic mass is 9.80. The molecule has 2 fully saturated rings. The molecule has 1 aliphatic heterocycles. The van der Waals surface area contributed by atoms with Gasteiger partial charge in [0.25, 0.3) is 0 Å². The molecule has 0 aromatic carbocycles. The first-order valence-electron chi connectivity index (χ1n) is 6.13. The van der Waals surface area contributed by atoms with E-state index in [2.05, 4.69) is 5.32 Å². The molecule has 1 nitrogen and oxygen atoms in total. The zero-order valence-electron chi connectivity index (χ0n) is 9.19. The van der Waals surface area contributed by atoms with Crippen LogP contribution in [0.3, 0.4) is 0 Å². The van der Waals surface area contributed by atoms with Gasteiger partial charge in [-0.3, -0.25) is 0 Å². The van der Waals surface area contributed by atoms with Crippen molar-refractivity contribution in [1.29, 1.82) is 0 Å². The van der Waals surface area contributed by atoms with Crippen molar-refractivity contribution in [2.75, 3.05) is 6.54 Å². The minimum Gasteiger partial charge on any atom is -0.311 e. The van der Waals surface area contributed by atoms with Crippen LogP contribution in [0.4, 0.5) is 4.39 Å². The molecular weight excluding hydrogens is 177 g/mol. The number of rotatable bonds is 2. The summed E-state index contributed by atoms with van der Waals surface area (Å²) in [6, 6.07) is 0.124. The lowest BCUT2D eigenvalue weighted by Gasteiger charge is -2.38. The third kappa shape index (κ3) is 1.95. The summed E-state index contributed by atoms with van der Waals surface area (Å²) in [4.78, 5) is 0. The molecule has 1 N–H and O–H groups in total. The molecule has 0 radical (unpaired) electrons. The number of halogens is 1. The lowest BCUT2D eigenvalue weighted by molar-refractivity contribution is 0.0459. The van der Waals surface area contributed by atoms with Crippen molar-refractivity contribution in [3.8, 4) is 0 Å². The summed E-state index contributed by atoms with van der Waals surface area (Å²) in [6.07, 6.45) is 8.12. The monoisotopic (exact) mass is 199 g/mol. The van der Waals surface area contributed by atoms with Crippen LogP contribution in [0.1, 0.15) is 51.9 Å². The number of piperidine rings is 1. The van der Waals surface area contributed by atoms with Crippen molar-refractivity contribution in [2.45, 2.75) is 63.6 Å². The van der Waals surface area contributed by atoms with Crippen molar-refractivity contribution in [3.63, 3.8) is 0 Å². The van der Waals surface area contributed by atoms with E-state index in [0.29, 0.717) is 5.92 Å². The summed E-state index contributed by atoms with van der Waals surface area (Å²) in [6.45, 7) is 2.84. The van der Waals surface area contributed by atoms with E-state index in [0.717, 1.165) is 25.8 Å². The number of alkyl halides is 1. The molecule has 0 amide bonds. The Morgan fingerprint density at radius 3 is 2.29 bits per heavy atom. The van der Waals surface area contributed by atoms with Gasteiger partial charge in [-0.15, -0.1) is 0 Å². The van der Waals surface area contributed by atoms with Crippen molar-refractivity contribution < 1.29 is 4.39 Å². The second-order valence-corrected chi connectivity index (χ2v) is 5.14. The van der Waals surface area contributed by atoms with E-state index in [4.69, 9.17) is 0 Å². The van der Waals surface area contributed by atoms with Gasteiger partial charge in [-0.25, -0.2) is 4.39 Å². The highest BCUT2D eigenvalue weighted by Gasteiger charge is 2.42. The molecule has 2 atom stereocenters. The Morgan fingerprint density at radius 2 is 1.71 bits per heavy atom. The molecule has 2 aliphatic rings. The summed E-state index contributed by atoms with van der Waals surface area (Å²) in [5, 5.41) is 3.36. The van der Waals surface area contributed by atoms with Gasteiger partial charge in [0.1, 0.15) is 5.67 Å². The zero-order chi connectivity index (χ0) is 10.0. The summed E-state index contributed by atoms with van der Waals surface area (Å²) in [5.74, 6) is 0.318. The molecule has 82 valence electrons. The fourth-order valence-corrected chi connectivity index (χ4v) is 3.11. The van der Waals surface area contributed by atoms with E-state index in [1.54, 1.807) is 0 Å². The van der Waals surface area contributed by atoms with E-state index in [9.17, 15) is 4.39 Å². The fourth-order valence-electron chi connectivity index (χ4n) is 3.11. The van der Waals surface area contributed by atoms with Gasteiger partial charge >= 0.3 is 0 Å². The Labute approximate surface area is 86.5 Å². The molecule has 0 bridgehead atoms. The SMILES string of the molecule is CC(F)(C1CCCC1)C1CCCCN1. The smallest absolute Gasteiger partial charge is 0.126 e.